The number of halogens is 1. The van der Waals surface area contributed by atoms with Crippen molar-refractivity contribution in [2.75, 3.05) is 26.2 Å². The topological polar surface area (TPSA) is 97.8 Å². The lowest BCUT2D eigenvalue weighted by Gasteiger charge is -2.31. The number of carbonyl (C=O) groups excluding carboxylic acids is 1. The van der Waals surface area contributed by atoms with Gasteiger partial charge < -0.3 is 25.3 Å². The molecular formula is C20H31IN6O2. The lowest BCUT2D eigenvalue weighted by molar-refractivity contribution is 0.0963. The van der Waals surface area contributed by atoms with E-state index < -0.39 is 0 Å². The van der Waals surface area contributed by atoms with Crippen molar-refractivity contribution in [2.45, 2.75) is 45.7 Å². The summed E-state index contributed by atoms with van der Waals surface area (Å²) >= 11 is 0. The first-order valence-corrected chi connectivity index (χ1v) is 9.98. The quantitative estimate of drug-likeness (QED) is 0.268. The Morgan fingerprint density at radius 2 is 2.07 bits per heavy atom. The summed E-state index contributed by atoms with van der Waals surface area (Å²) in [5, 5.41) is 3.27. The summed E-state index contributed by atoms with van der Waals surface area (Å²) in [4.78, 5) is 22.5. The van der Waals surface area contributed by atoms with Crippen molar-refractivity contribution in [2.24, 2.45) is 10.7 Å². The number of para-hydroxylation sites is 2. The van der Waals surface area contributed by atoms with Gasteiger partial charge in [-0.1, -0.05) is 12.1 Å². The molecule has 1 fully saturated rings. The molecule has 0 saturated carbocycles. The number of aliphatic imine (C=N–C) groups is 1. The molecular weight excluding hydrogens is 483 g/mol. The molecule has 3 N–H and O–H groups in total. The van der Waals surface area contributed by atoms with Crippen LogP contribution in [0.5, 0.6) is 0 Å². The zero-order valence-corrected chi connectivity index (χ0v) is 19.5. The van der Waals surface area contributed by atoms with Crippen LogP contribution >= 0.6 is 24.0 Å². The molecule has 0 bridgehead atoms. The molecule has 1 amide bonds. The number of rotatable bonds is 6. The first-order chi connectivity index (χ1) is 13.6. The molecule has 1 saturated heterocycles. The normalized spacial score (nSPS) is 15.2. The van der Waals surface area contributed by atoms with E-state index in [1.807, 2.05) is 32.0 Å². The molecule has 1 aliphatic rings. The number of hydrogen-bond acceptors (Lipinski definition) is 4. The molecule has 1 aromatic heterocycles. The summed E-state index contributed by atoms with van der Waals surface area (Å²) in [5.74, 6) is 1.49. The van der Waals surface area contributed by atoms with Crippen LogP contribution < -0.4 is 11.1 Å². The van der Waals surface area contributed by atoms with Crippen molar-refractivity contribution in [1.29, 1.82) is 0 Å². The summed E-state index contributed by atoms with van der Waals surface area (Å²) in [5.41, 5.74) is 8.22. The average Bonchev–Trinajstić information content (AvgIpc) is 3.01. The van der Waals surface area contributed by atoms with Gasteiger partial charge in [0.15, 0.2) is 5.96 Å². The number of aromatic nitrogens is 2. The molecule has 0 atom stereocenters. The smallest absolute Gasteiger partial charge is 0.409 e. The molecule has 2 heterocycles. The van der Waals surface area contributed by atoms with Gasteiger partial charge in [-0.25, -0.2) is 9.78 Å². The first-order valence-electron chi connectivity index (χ1n) is 9.98. The van der Waals surface area contributed by atoms with Crippen molar-refractivity contribution < 1.29 is 9.53 Å². The number of nitrogens with zero attached hydrogens (tertiary/aromatic N) is 4. The van der Waals surface area contributed by atoms with Crippen molar-refractivity contribution in [3.8, 4) is 0 Å². The number of hydrogen-bond donors (Lipinski definition) is 2. The van der Waals surface area contributed by atoms with Gasteiger partial charge in [0.25, 0.3) is 0 Å². The highest BCUT2D eigenvalue weighted by atomic mass is 127. The number of carbonyl (C=O) groups is 1. The standard InChI is InChI=1S/C20H30N6O2.HI/c1-3-28-20(27)25-13-9-16(10-14-25)24-19(21)22-11-6-12-26-15(2)23-17-7-4-5-8-18(17)26;/h4-5,7-8,16H,3,6,9-14H2,1-2H3,(H3,21,22,24);1H. The van der Waals surface area contributed by atoms with Crippen LogP contribution in [0.2, 0.25) is 0 Å². The van der Waals surface area contributed by atoms with Gasteiger partial charge in [0.05, 0.1) is 17.6 Å². The summed E-state index contributed by atoms with van der Waals surface area (Å²) in [6.07, 6.45) is 2.35. The van der Waals surface area contributed by atoms with Crippen LogP contribution in [0.3, 0.4) is 0 Å². The van der Waals surface area contributed by atoms with E-state index in [1.165, 1.54) is 0 Å². The lowest BCUT2D eigenvalue weighted by atomic mass is 10.1. The first kappa shape index (κ1) is 23.2. The van der Waals surface area contributed by atoms with Crippen LogP contribution in [-0.4, -0.2) is 58.8 Å². The van der Waals surface area contributed by atoms with Crippen LogP contribution in [0.15, 0.2) is 29.3 Å². The Kier molecular flexibility index (Phi) is 8.99. The van der Waals surface area contributed by atoms with E-state index in [0.717, 1.165) is 42.7 Å². The Balaban J connectivity index is 0.00000300. The van der Waals surface area contributed by atoms with Crippen LogP contribution in [0, 0.1) is 6.92 Å². The number of likely N-dealkylation sites (tertiary alicyclic amines) is 1. The third-order valence-electron chi connectivity index (χ3n) is 5.04. The third-order valence-corrected chi connectivity index (χ3v) is 5.04. The van der Waals surface area contributed by atoms with Crippen molar-refractivity contribution in [1.82, 2.24) is 19.8 Å². The monoisotopic (exact) mass is 514 g/mol. The summed E-state index contributed by atoms with van der Waals surface area (Å²) < 4.78 is 7.26. The fourth-order valence-electron chi connectivity index (χ4n) is 3.58. The minimum absolute atomic E-state index is 0. The lowest BCUT2D eigenvalue weighted by Crippen LogP contribution is -2.48. The van der Waals surface area contributed by atoms with Crippen molar-refractivity contribution in [3.05, 3.63) is 30.1 Å². The van der Waals surface area contributed by atoms with E-state index in [-0.39, 0.29) is 36.1 Å². The minimum Gasteiger partial charge on any atom is -0.450 e. The second kappa shape index (κ2) is 11.2. The molecule has 2 aromatic rings. The van der Waals surface area contributed by atoms with E-state index in [0.29, 0.717) is 32.2 Å². The number of nitrogens with two attached hydrogens (primary N) is 1. The van der Waals surface area contributed by atoms with Gasteiger partial charge >= 0.3 is 6.09 Å². The maximum absolute atomic E-state index is 11.7. The fourth-order valence-corrected chi connectivity index (χ4v) is 3.58. The largest absolute Gasteiger partial charge is 0.450 e. The highest BCUT2D eigenvalue weighted by molar-refractivity contribution is 14.0. The van der Waals surface area contributed by atoms with Crippen molar-refractivity contribution in [3.63, 3.8) is 0 Å². The van der Waals surface area contributed by atoms with E-state index in [4.69, 9.17) is 10.5 Å². The molecule has 29 heavy (non-hydrogen) atoms. The number of fused-ring (bicyclic) bond motifs is 1. The van der Waals surface area contributed by atoms with Gasteiger partial charge in [0.1, 0.15) is 5.82 Å². The number of piperidine rings is 1. The van der Waals surface area contributed by atoms with Crippen LogP contribution in [0.25, 0.3) is 11.0 Å². The fraction of sp³-hybridized carbons (Fsp3) is 0.550. The predicted molar refractivity (Wildman–Crippen MR) is 126 cm³/mol. The summed E-state index contributed by atoms with van der Waals surface area (Å²) in [6, 6.07) is 8.41. The van der Waals surface area contributed by atoms with Crippen molar-refractivity contribution >= 4 is 47.1 Å². The van der Waals surface area contributed by atoms with Gasteiger partial charge in [0, 0.05) is 32.2 Å². The Morgan fingerprint density at radius 1 is 1.34 bits per heavy atom. The van der Waals surface area contributed by atoms with E-state index in [2.05, 4.69) is 25.9 Å². The Hall–Kier alpha value is -2.04. The number of guanidine groups is 1. The SMILES string of the molecule is CCOC(=O)N1CCC(NC(N)=NCCCn2c(C)nc3ccccc32)CC1.I. The number of aryl methyl sites for hydroxylation is 2. The second-order valence-electron chi connectivity index (χ2n) is 7.02. The number of ether oxygens (including phenoxy) is 1. The summed E-state index contributed by atoms with van der Waals surface area (Å²) in [6.45, 7) is 7.13. The molecule has 0 radical (unpaired) electrons. The predicted octanol–water partition coefficient (Wildman–Crippen LogP) is 2.88. The Labute approximate surface area is 188 Å². The van der Waals surface area contributed by atoms with E-state index in [9.17, 15) is 4.79 Å². The highest BCUT2D eigenvalue weighted by Crippen LogP contribution is 2.16. The molecule has 0 unspecified atom stereocenters. The van der Waals surface area contributed by atoms with Crippen LogP contribution in [0.1, 0.15) is 32.0 Å². The third kappa shape index (κ3) is 6.22. The van der Waals surface area contributed by atoms with Gasteiger partial charge in [-0.05, 0) is 45.2 Å². The molecule has 0 spiro atoms. The maximum Gasteiger partial charge on any atom is 0.409 e. The Bertz CT molecular complexity index is 829. The van der Waals surface area contributed by atoms with Crippen LogP contribution in [0.4, 0.5) is 4.79 Å². The van der Waals surface area contributed by atoms with Gasteiger partial charge in [-0.15, -0.1) is 24.0 Å². The van der Waals surface area contributed by atoms with E-state index in [1.54, 1.807) is 4.90 Å². The van der Waals surface area contributed by atoms with Gasteiger partial charge in [-0.2, -0.15) is 0 Å². The number of nitrogens with one attached hydrogen (secondary N) is 1. The van der Waals surface area contributed by atoms with Gasteiger partial charge in [0.2, 0.25) is 0 Å². The maximum atomic E-state index is 11.7. The molecule has 1 aromatic carbocycles. The minimum atomic E-state index is -0.232. The molecule has 9 heteroatoms. The highest BCUT2D eigenvalue weighted by Gasteiger charge is 2.23. The Morgan fingerprint density at radius 3 is 2.79 bits per heavy atom. The number of amides is 1. The zero-order chi connectivity index (χ0) is 19.9. The molecule has 0 aliphatic carbocycles. The average molecular weight is 514 g/mol. The zero-order valence-electron chi connectivity index (χ0n) is 17.1. The molecule has 160 valence electrons. The number of imidazole rings is 1. The molecule has 3 rings (SSSR count). The molecule has 1 aliphatic heterocycles. The second-order valence-corrected chi connectivity index (χ2v) is 7.02. The van der Waals surface area contributed by atoms with E-state index >= 15 is 0 Å². The summed E-state index contributed by atoms with van der Waals surface area (Å²) in [7, 11) is 0. The van der Waals surface area contributed by atoms with Crippen LogP contribution in [-0.2, 0) is 11.3 Å². The number of benzene rings is 1. The van der Waals surface area contributed by atoms with Gasteiger partial charge in [-0.3, -0.25) is 4.99 Å². The molecule has 8 nitrogen and oxygen atoms in total.